The number of ether oxygens (including phenoxy) is 2. The fraction of sp³-hybridized carbons (Fsp3) is 0.261. The third-order valence-corrected chi connectivity index (χ3v) is 5.88. The van der Waals surface area contributed by atoms with Crippen LogP contribution in [0.5, 0.6) is 5.88 Å². The van der Waals surface area contributed by atoms with E-state index in [1.165, 1.54) is 11.9 Å². The molecular formula is C23H22ClN5O2S. The molecule has 1 aliphatic rings. The SMILES string of the molecule is COc1ncc(C#Cc2c(C)ncnc2N2CCOCC2)cc1NSc1ccc(Cl)cc1. The molecule has 164 valence electrons. The first-order valence-electron chi connectivity index (χ1n) is 10.0. The van der Waals surface area contributed by atoms with E-state index in [4.69, 9.17) is 21.1 Å². The van der Waals surface area contributed by atoms with Crippen molar-refractivity contribution in [1.82, 2.24) is 15.0 Å². The fourth-order valence-electron chi connectivity index (χ4n) is 3.13. The van der Waals surface area contributed by atoms with Crippen molar-refractivity contribution < 1.29 is 9.47 Å². The molecule has 0 spiro atoms. The number of hydrogen-bond donors (Lipinski definition) is 1. The van der Waals surface area contributed by atoms with Gasteiger partial charge in [-0.2, -0.15) is 0 Å². The zero-order valence-electron chi connectivity index (χ0n) is 17.8. The number of morpholine rings is 1. The van der Waals surface area contributed by atoms with E-state index in [1.54, 1.807) is 19.6 Å². The molecule has 1 saturated heterocycles. The van der Waals surface area contributed by atoms with Crippen LogP contribution in [-0.4, -0.2) is 48.4 Å². The molecule has 0 radical (unpaired) electrons. The van der Waals surface area contributed by atoms with Gasteiger partial charge in [-0.3, -0.25) is 0 Å². The standard InChI is InChI=1S/C23H22ClN5O2S/c1-16-20(22(27-15-26-16)29-9-11-31-12-10-29)8-3-17-13-21(23(30-2)25-14-17)28-32-19-6-4-18(24)5-7-19/h4-7,13-15,28H,9-12H2,1-2H3. The first-order valence-corrected chi connectivity index (χ1v) is 11.2. The number of benzene rings is 1. The first kappa shape index (κ1) is 22.2. The molecule has 1 N–H and O–H groups in total. The number of nitrogens with one attached hydrogen (secondary N) is 1. The molecule has 32 heavy (non-hydrogen) atoms. The van der Waals surface area contributed by atoms with Gasteiger partial charge in [0, 0.05) is 34.8 Å². The maximum Gasteiger partial charge on any atom is 0.238 e. The van der Waals surface area contributed by atoms with E-state index in [9.17, 15) is 0 Å². The van der Waals surface area contributed by atoms with E-state index in [0.717, 1.165) is 46.3 Å². The average Bonchev–Trinajstić information content (AvgIpc) is 2.83. The van der Waals surface area contributed by atoms with Crippen molar-refractivity contribution >= 4 is 35.1 Å². The Bertz CT molecular complexity index is 1140. The summed E-state index contributed by atoms with van der Waals surface area (Å²) in [6, 6.07) is 9.48. The largest absolute Gasteiger partial charge is 0.480 e. The molecule has 4 rings (SSSR count). The molecule has 0 amide bonds. The smallest absolute Gasteiger partial charge is 0.238 e. The number of pyridine rings is 1. The van der Waals surface area contributed by atoms with Crippen molar-refractivity contribution in [3.63, 3.8) is 0 Å². The van der Waals surface area contributed by atoms with Gasteiger partial charge in [0.25, 0.3) is 0 Å². The van der Waals surface area contributed by atoms with E-state index in [2.05, 4.69) is 36.4 Å². The van der Waals surface area contributed by atoms with Crippen molar-refractivity contribution in [1.29, 1.82) is 0 Å². The molecule has 1 aliphatic heterocycles. The van der Waals surface area contributed by atoms with Gasteiger partial charge in [-0.25, -0.2) is 15.0 Å². The average molecular weight is 468 g/mol. The third kappa shape index (κ3) is 5.43. The minimum absolute atomic E-state index is 0.491. The minimum atomic E-state index is 0.491. The summed E-state index contributed by atoms with van der Waals surface area (Å²) >= 11 is 7.40. The Balaban J connectivity index is 1.58. The Morgan fingerprint density at radius 3 is 2.66 bits per heavy atom. The summed E-state index contributed by atoms with van der Waals surface area (Å²) in [4.78, 5) is 16.4. The molecular weight excluding hydrogens is 446 g/mol. The van der Waals surface area contributed by atoms with Crippen LogP contribution in [0.25, 0.3) is 0 Å². The zero-order valence-corrected chi connectivity index (χ0v) is 19.3. The second-order valence-electron chi connectivity index (χ2n) is 6.95. The molecule has 7 nitrogen and oxygen atoms in total. The van der Waals surface area contributed by atoms with Crippen molar-refractivity contribution in [3.8, 4) is 17.7 Å². The van der Waals surface area contributed by atoms with Crippen molar-refractivity contribution in [2.45, 2.75) is 11.8 Å². The normalized spacial score (nSPS) is 13.3. The van der Waals surface area contributed by atoms with E-state index in [0.29, 0.717) is 24.1 Å². The summed E-state index contributed by atoms with van der Waals surface area (Å²) in [6.07, 6.45) is 3.27. The van der Waals surface area contributed by atoms with Crippen LogP contribution in [0, 0.1) is 18.8 Å². The van der Waals surface area contributed by atoms with Crippen molar-refractivity contribution in [3.05, 3.63) is 64.7 Å². The van der Waals surface area contributed by atoms with Crippen LogP contribution in [0.2, 0.25) is 5.02 Å². The number of anilines is 2. The van der Waals surface area contributed by atoms with Gasteiger partial charge in [0.1, 0.15) is 17.8 Å². The van der Waals surface area contributed by atoms with Crippen LogP contribution >= 0.6 is 23.5 Å². The van der Waals surface area contributed by atoms with E-state index >= 15 is 0 Å². The first-order chi connectivity index (χ1) is 15.6. The number of rotatable bonds is 5. The molecule has 3 aromatic rings. The van der Waals surface area contributed by atoms with E-state index in [1.807, 2.05) is 37.3 Å². The highest BCUT2D eigenvalue weighted by atomic mass is 35.5. The van der Waals surface area contributed by atoms with Crippen LogP contribution in [0.1, 0.15) is 16.8 Å². The molecule has 0 unspecified atom stereocenters. The lowest BCUT2D eigenvalue weighted by Crippen LogP contribution is -2.37. The molecule has 2 aromatic heterocycles. The lowest BCUT2D eigenvalue weighted by molar-refractivity contribution is 0.122. The fourth-order valence-corrected chi connectivity index (χ4v) is 3.90. The molecule has 9 heteroatoms. The monoisotopic (exact) mass is 467 g/mol. The summed E-state index contributed by atoms with van der Waals surface area (Å²) in [5.41, 5.74) is 3.14. The molecule has 1 fully saturated rings. The maximum atomic E-state index is 5.96. The van der Waals surface area contributed by atoms with Gasteiger partial charge in [0.15, 0.2) is 0 Å². The number of nitrogens with zero attached hydrogens (tertiary/aromatic N) is 4. The highest BCUT2D eigenvalue weighted by Gasteiger charge is 2.17. The van der Waals surface area contributed by atoms with Gasteiger partial charge in [0.2, 0.25) is 5.88 Å². The Hall–Kier alpha value is -2.99. The van der Waals surface area contributed by atoms with Crippen LogP contribution < -0.4 is 14.4 Å². The van der Waals surface area contributed by atoms with Crippen LogP contribution in [-0.2, 0) is 4.74 Å². The van der Waals surface area contributed by atoms with Crippen LogP contribution in [0.15, 0.2) is 47.8 Å². The number of hydrogen-bond acceptors (Lipinski definition) is 8. The predicted molar refractivity (Wildman–Crippen MR) is 128 cm³/mol. The highest BCUT2D eigenvalue weighted by Crippen LogP contribution is 2.29. The summed E-state index contributed by atoms with van der Waals surface area (Å²) in [6.45, 7) is 4.87. The Morgan fingerprint density at radius 1 is 1.12 bits per heavy atom. The second-order valence-corrected chi connectivity index (χ2v) is 8.26. The Morgan fingerprint density at radius 2 is 1.91 bits per heavy atom. The van der Waals surface area contributed by atoms with Crippen molar-refractivity contribution in [2.75, 3.05) is 43.0 Å². The van der Waals surface area contributed by atoms with Gasteiger partial charge < -0.3 is 19.1 Å². The quantitative estimate of drug-likeness (QED) is 0.442. The lowest BCUT2D eigenvalue weighted by Gasteiger charge is -2.28. The topological polar surface area (TPSA) is 72.4 Å². The number of aryl methyl sites for hydroxylation is 1. The van der Waals surface area contributed by atoms with Crippen molar-refractivity contribution in [2.24, 2.45) is 0 Å². The molecule has 0 aliphatic carbocycles. The number of aromatic nitrogens is 3. The molecule has 0 saturated carbocycles. The summed E-state index contributed by atoms with van der Waals surface area (Å²) in [5, 5.41) is 0.697. The van der Waals surface area contributed by atoms with Gasteiger partial charge in [-0.15, -0.1) is 0 Å². The second kappa shape index (κ2) is 10.6. The van der Waals surface area contributed by atoms with Gasteiger partial charge in [-0.05, 0) is 49.2 Å². The Kier molecular flexibility index (Phi) is 7.32. The lowest BCUT2D eigenvalue weighted by atomic mass is 10.2. The maximum absolute atomic E-state index is 5.96. The predicted octanol–water partition coefficient (Wildman–Crippen LogP) is 4.20. The highest BCUT2D eigenvalue weighted by molar-refractivity contribution is 8.00. The van der Waals surface area contributed by atoms with Crippen LogP contribution in [0.4, 0.5) is 11.5 Å². The van der Waals surface area contributed by atoms with Gasteiger partial charge in [0.05, 0.1) is 31.6 Å². The molecule has 0 bridgehead atoms. The number of halogens is 1. The number of methoxy groups -OCH3 is 1. The molecule has 1 aromatic carbocycles. The molecule has 0 atom stereocenters. The summed E-state index contributed by atoms with van der Waals surface area (Å²) in [5.74, 6) is 7.79. The minimum Gasteiger partial charge on any atom is -0.480 e. The van der Waals surface area contributed by atoms with E-state index in [-0.39, 0.29) is 0 Å². The third-order valence-electron chi connectivity index (χ3n) is 4.80. The summed E-state index contributed by atoms with van der Waals surface area (Å²) < 4.78 is 14.1. The van der Waals surface area contributed by atoms with Crippen LogP contribution in [0.3, 0.4) is 0 Å². The summed E-state index contributed by atoms with van der Waals surface area (Å²) in [7, 11) is 1.59. The Labute approximate surface area is 196 Å². The zero-order chi connectivity index (χ0) is 22.3. The van der Waals surface area contributed by atoms with E-state index < -0.39 is 0 Å². The molecule has 3 heterocycles. The van der Waals surface area contributed by atoms with Gasteiger partial charge >= 0.3 is 0 Å². The van der Waals surface area contributed by atoms with Gasteiger partial charge in [-0.1, -0.05) is 23.4 Å².